The van der Waals surface area contributed by atoms with Gasteiger partial charge in [0.15, 0.2) is 9.84 Å². The molecule has 4 rings (SSSR count). The minimum absolute atomic E-state index is 0.00152. The molecule has 2 atom stereocenters. The maximum Gasteiger partial charge on any atom is 0.509 e. The standard InChI is InChI=1S/C21H19F2NO8S/c22-13-1-6-16(23)12(7-13)10-30-14-2-4-15(5-3-14)33(28,29)11-21(19(25)24-27)8-17-18(9-21)32-20(26)31-17/h1-7,17-18,27H,8-11H2,(H,24,25). The number of rotatable bonds is 7. The fraction of sp³-hybridized carbons (Fsp3) is 0.333. The van der Waals surface area contributed by atoms with E-state index in [1.54, 1.807) is 0 Å². The first-order valence-corrected chi connectivity index (χ1v) is 11.5. The highest BCUT2D eigenvalue weighted by atomic mass is 32.2. The topological polar surface area (TPSA) is 128 Å². The predicted molar refractivity (Wildman–Crippen MR) is 106 cm³/mol. The van der Waals surface area contributed by atoms with Crippen molar-refractivity contribution in [1.29, 1.82) is 0 Å². The Morgan fingerprint density at radius 3 is 2.36 bits per heavy atom. The third-order valence-corrected chi connectivity index (χ3v) is 7.65. The normalized spacial score (nSPS) is 24.0. The molecule has 0 bridgehead atoms. The van der Waals surface area contributed by atoms with Gasteiger partial charge < -0.3 is 14.2 Å². The van der Waals surface area contributed by atoms with Gasteiger partial charge >= 0.3 is 6.16 Å². The van der Waals surface area contributed by atoms with Gasteiger partial charge in [-0.3, -0.25) is 10.0 Å². The number of amides is 1. The van der Waals surface area contributed by atoms with Gasteiger partial charge in [-0.2, -0.15) is 0 Å². The highest BCUT2D eigenvalue weighted by molar-refractivity contribution is 7.91. The molecule has 12 heteroatoms. The molecular formula is C21H19F2NO8S. The van der Waals surface area contributed by atoms with Crippen LogP contribution in [0.2, 0.25) is 0 Å². The Labute approximate surface area is 187 Å². The first-order valence-electron chi connectivity index (χ1n) is 9.83. The second-order valence-corrected chi connectivity index (χ2v) is 9.94. The lowest BCUT2D eigenvalue weighted by atomic mass is 9.87. The van der Waals surface area contributed by atoms with Crippen molar-refractivity contribution in [3.63, 3.8) is 0 Å². The van der Waals surface area contributed by atoms with Crippen molar-refractivity contribution in [1.82, 2.24) is 5.48 Å². The van der Waals surface area contributed by atoms with Crippen LogP contribution in [-0.2, 0) is 30.7 Å². The van der Waals surface area contributed by atoms with Crippen LogP contribution in [0.25, 0.3) is 0 Å². The van der Waals surface area contributed by atoms with Crippen LogP contribution in [0.4, 0.5) is 13.6 Å². The smallest absolute Gasteiger partial charge is 0.489 e. The van der Waals surface area contributed by atoms with Gasteiger partial charge in [0.2, 0.25) is 0 Å². The Hall–Kier alpha value is -3.25. The van der Waals surface area contributed by atoms with Gasteiger partial charge in [0.1, 0.15) is 36.2 Å². The van der Waals surface area contributed by atoms with E-state index in [4.69, 9.17) is 19.4 Å². The van der Waals surface area contributed by atoms with Crippen LogP contribution in [0.1, 0.15) is 18.4 Å². The summed E-state index contributed by atoms with van der Waals surface area (Å²) in [6.45, 7) is -0.267. The Kier molecular flexibility index (Phi) is 5.97. The number of sulfone groups is 1. The van der Waals surface area contributed by atoms with Gasteiger partial charge in [0, 0.05) is 18.4 Å². The average molecular weight is 483 g/mol. The fourth-order valence-corrected chi connectivity index (χ4v) is 5.93. The van der Waals surface area contributed by atoms with Crippen molar-refractivity contribution >= 4 is 21.9 Å². The number of hydrogen-bond donors (Lipinski definition) is 2. The molecule has 1 amide bonds. The van der Waals surface area contributed by atoms with E-state index in [1.165, 1.54) is 29.7 Å². The second-order valence-electron chi connectivity index (χ2n) is 7.95. The molecule has 9 nitrogen and oxygen atoms in total. The highest BCUT2D eigenvalue weighted by Gasteiger charge is 2.58. The summed E-state index contributed by atoms with van der Waals surface area (Å²) in [6, 6.07) is 8.15. The van der Waals surface area contributed by atoms with Crippen LogP contribution in [-0.4, -0.2) is 43.6 Å². The van der Waals surface area contributed by atoms with E-state index in [9.17, 15) is 26.8 Å². The van der Waals surface area contributed by atoms with Gasteiger partial charge in [-0.25, -0.2) is 27.5 Å². The zero-order valence-electron chi connectivity index (χ0n) is 17.0. The summed E-state index contributed by atoms with van der Waals surface area (Å²) in [5.41, 5.74) is -0.0679. The van der Waals surface area contributed by atoms with Crippen LogP contribution in [0, 0.1) is 17.0 Å². The number of nitrogens with one attached hydrogen (secondary N) is 1. The van der Waals surface area contributed by atoms with E-state index in [0.29, 0.717) is 0 Å². The lowest BCUT2D eigenvalue weighted by Gasteiger charge is -2.26. The number of benzene rings is 2. The molecule has 33 heavy (non-hydrogen) atoms. The first kappa shape index (κ1) is 22.9. The molecule has 1 heterocycles. The number of hydroxylamine groups is 1. The van der Waals surface area contributed by atoms with E-state index < -0.39 is 56.9 Å². The zero-order valence-corrected chi connectivity index (χ0v) is 17.8. The molecule has 1 aliphatic heterocycles. The molecule has 2 aliphatic rings. The third kappa shape index (κ3) is 4.62. The first-order chi connectivity index (χ1) is 15.6. The number of halogens is 2. The zero-order chi connectivity index (χ0) is 23.8. The minimum atomic E-state index is -4.03. The molecule has 1 saturated heterocycles. The van der Waals surface area contributed by atoms with Crippen LogP contribution in [0.3, 0.4) is 0 Å². The molecule has 2 fully saturated rings. The fourth-order valence-electron chi connectivity index (χ4n) is 4.12. The Balaban J connectivity index is 1.48. The predicted octanol–water partition coefficient (Wildman–Crippen LogP) is 2.51. The summed E-state index contributed by atoms with van der Waals surface area (Å²) < 4.78 is 68.4. The van der Waals surface area contributed by atoms with Crippen molar-refractivity contribution in [2.75, 3.05) is 5.75 Å². The minimum Gasteiger partial charge on any atom is -0.489 e. The van der Waals surface area contributed by atoms with Crippen molar-refractivity contribution in [2.45, 2.75) is 36.6 Å². The third-order valence-electron chi connectivity index (χ3n) is 5.73. The van der Waals surface area contributed by atoms with Crippen LogP contribution < -0.4 is 10.2 Å². The van der Waals surface area contributed by atoms with Gasteiger partial charge in [0.05, 0.1) is 16.1 Å². The molecule has 2 unspecified atom stereocenters. The van der Waals surface area contributed by atoms with E-state index in [0.717, 1.165) is 18.2 Å². The molecule has 2 aromatic rings. The van der Waals surface area contributed by atoms with Crippen molar-refractivity contribution < 1.29 is 46.2 Å². The summed E-state index contributed by atoms with van der Waals surface area (Å²) in [4.78, 5) is 23.5. The summed E-state index contributed by atoms with van der Waals surface area (Å²) in [5, 5.41) is 9.16. The lowest BCUT2D eigenvalue weighted by Crippen LogP contribution is -2.43. The number of carbonyl (C=O) groups is 2. The number of hydrogen-bond acceptors (Lipinski definition) is 8. The van der Waals surface area contributed by atoms with Crippen molar-refractivity contribution in [3.05, 3.63) is 59.7 Å². The average Bonchev–Trinajstić information content (AvgIpc) is 3.28. The van der Waals surface area contributed by atoms with Crippen molar-refractivity contribution in [3.8, 4) is 5.75 Å². The quantitative estimate of drug-likeness (QED) is 0.349. The summed E-state index contributed by atoms with van der Waals surface area (Å²) in [6.07, 6.45) is -2.72. The second kappa shape index (κ2) is 8.60. The molecule has 2 aromatic carbocycles. The van der Waals surface area contributed by atoms with E-state index in [-0.39, 0.29) is 35.7 Å². The van der Waals surface area contributed by atoms with Gasteiger partial charge in [-0.15, -0.1) is 0 Å². The summed E-state index contributed by atoms with van der Waals surface area (Å²) in [7, 11) is -4.03. The van der Waals surface area contributed by atoms with E-state index in [2.05, 4.69) is 0 Å². The monoisotopic (exact) mass is 483 g/mol. The van der Waals surface area contributed by atoms with Crippen molar-refractivity contribution in [2.24, 2.45) is 5.41 Å². The number of carbonyl (C=O) groups excluding carboxylic acids is 2. The van der Waals surface area contributed by atoms with E-state index in [1.807, 2.05) is 0 Å². The van der Waals surface area contributed by atoms with Crippen LogP contribution >= 0.6 is 0 Å². The molecule has 2 N–H and O–H groups in total. The number of ether oxygens (including phenoxy) is 3. The van der Waals surface area contributed by atoms with Gasteiger partial charge in [-0.1, -0.05) is 0 Å². The van der Waals surface area contributed by atoms with Crippen LogP contribution in [0.15, 0.2) is 47.4 Å². The lowest BCUT2D eigenvalue weighted by molar-refractivity contribution is -0.139. The molecule has 0 spiro atoms. The molecule has 1 aliphatic carbocycles. The highest BCUT2D eigenvalue weighted by Crippen LogP contribution is 2.46. The molecule has 176 valence electrons. The van der Waals surface area contributed by atoms with Gasteiger partial charge in [-0.05, 0) is 42.5 Å². The Morgan fingerprint density at radius 1 is 1.12 bits per heavy atom. The molecular weight excluding hydrogens is 464 g/mol. The maximum atomic E-state index is 13.7. The van der Waals surface area contributed by atoms with E-state index >= 15 is 0 Å². The Bertz CT molecular complexity index is 1170. The molecule has 0 aromatic heterocycles. The SMILES string of the molecule is O=C1OC2CC(CS(=O)(=O)c3ccc(OCc4cc(F)ccc4F)cc3)(C(=O)NO)CC2O1. The van der Waals surface area contributed by atoms with Gasteiger partial charge in [0.25, 0.3) is 5.91 Å². The molecule has 0 radical (unpaired) electrons. The summed E-state index contributed by atoms with van der Waals surface area (Å²) >= 11 is 0. The Morgan fingerprint density at radius 2 is 1.76 bits per heavy atom. The largest absolute Gasteiger partial charge is 0.509 e. The number of fused-ring (bicyclic) bond motifs is 1. The summed E-state index contributed by atoms with van der Waals surface area (Å²) in [5.74, 6) is -2.62. The molecule has 1 saturated carbocycles. The van der Waals surface area contributed by atoms with Crippen LogP contribution in [0.5, 0.6) is 5.75 Å². The maximum absolute atomic E-state index is 13.7.